The molecule has 0 bridgehead atoms. The minimum atomic E-state index is -0.183. The number of rotatable bonds is 6. The lowest BCUT2D eigenvalue weighted by molar-refractivity contribution is 0.587. The van der Waals surface area contributed by atoms with Crippen molar-refractivity contribution in [3.8, 4) is 22.8 Å². The molecule has 0 saturated carbocycles. The van der Waals surface area contributed by atoms with Gasteiger partial charge >= 0.3 is 0 Å². The van der Waals surface area contributed by atoms with Crippen molar-refractivity contribution in [1.29, 1.82) is 0 Å². The molecule has 168 valence electrons. The van der Waals surface area contributed by atoms with Crippen LogP contribution in [0.25, 0.3) is 22.8 Å². The van der Waals surface area contributed by atoms with Gasteiger partial charge in [-0.2, -0.15) is 0 Å². The topological polar surface area (TPSA) is 38.1 Å². The van der Waals surface area contributed by atoms with E-state index in [1.807, 2.05) is 54.6 Å². The molecular formula is C31H28N2O. The van der Waals surface area contributed by atoms with Crippen LogP contribution in [-0.4, -0.2) is 4.98 Å². The Morgan fingerprint density at radius 1 is 0.676 bits per heavy atom. The van der Waals surface area contributed by atoms with Crippen LogP contribution in [0.4, 0.5) is 5.69 Å². The molecule has 0 aliphatic carbocycles. The van der Waals surface area contributed by atoms with Gasteiger partial charge in [-0.05, 0) is 49.6 Å². The van der Waals surface area contributed by atoms with Gasteiger partial charge in [0.25, 0.3) is 0 Å². The van der Waals surface area contributed by atoms with Crippen LogP contribution in [0.15, 0.2) is 108 Å². The first-order valence-electron chi connectivity index (χ1n) is 11.6. The summed E-state index contributed by atoms with van der Waals surface area (Å²) in [4.78, 5) is 5.08. The van der Waals surface area contributed by atoms with Crippen molar-refractivity contribution >= 4 is 5.69 Å². The molecule has 0 amide bonds. The van der Waals surface area contributed by atoms with E-state index in [1.54, 1.807) is 0 Å². The Morgan fingerprint density at radius 3 is 1.79 bits per heavy atom. The van der Waals surface area contributed by atoms with Gasteiger partial charge in [0, 0.05) is 16.8 Å². The predicted molar refractivity (Wildman–Crippen MR) is 140 cm³/mol. The lowest BCUT2D eigenvalue weighted by Crippen LogP contribution is -2.15. The minimum absolute atomic E-state index is 0.183. The van der Waals surface area contributed by atoms with Crippen LogP contribution in [0.2, 0.25) is 0 Å². The number of anilines is 1. The zero-order valence-electron chi connectivity index (χ0n) is 19.7. The molecule has 1 unspecified atom stereocenters. The molecule has 3 nitrogen and oxygen atoms in total. The van der Waals surface area contributed by atoms with E-state index < -0.39 is 0 Å². The van der Waals surface area contributed by atoms with Crippen LogP contribution >= 0.6 is 0 Å². The van der Waals surface area contributed by atoms with Crippen molar-refractivity contribution in [3.05, 3.63) is 131 Å². The van der Waals surface area contributed by atoms with Gasteiger partial charge in [0.05, 0.1) is 6.04 Å². The molecule has 4 aromatic carbocycles. The number of nitrogens with one attached hydrogen (secondary N) is 1. The molecule has 0 spiro atoms. The lowest BCUT2D eigenvalue weighted by atomic mass is 9.97. The molecule has 1 aromatic heterocycles. The molecule has 34 heavy (non-hydrogen) atoms. The maximum atomic E-state index is 6.46. The second-order valence-corrected chi connectivity index (χ2v) is 8.73. The molecule has 0 saturated heterocycles. The minimum Gasteiger partial charge on any atom is -0.436 e. The molecule has 5 rings (SSSR count). The number of benzene rings is 4. The van der Waals surface area contributed by atoms with Crippen LogP contribution < -0.4 is 5.32 Å². The highest BCUT2D eigenvalue weighted by Gasteiger charge is 2.26. The first-order chi connectivity index (χ1) is 16.6. The Balaban J connectivity index is 1.70. The highest BCUT2D eigenvalue weighted by Crippen LogP contribution is 2.38. The van der Waals surface area contributed by atoms with E-state index >= 15 is 0 Å². The van der Waals surface area contributed by atoms with Gasteiger partial charge in [-0.3, -0.25) is 0 Å². The first-order valence-corrected chi connectivity index (χ1v) is 11.6. The number of oxazole rings is 1. The summed E-state index contributed by atoms with van der Waals surface area (Å²) in [5.41, 5.74) is 8.78. The summed E-state index contributed by atoms with van der Waals surface area (Å²) < 4.78 is 6.46. The molecule has 0 fully saturated rings. The Morgan fingerprint density at radius 2 is 1.21 bits per heavy atom. The summed E-state index contributed by atoms with van der Waals surface area (Å²) in [7, 11) is 0. The van der Waals surface area contributed by atoms with Crippen molar-refractivity contribution in [2.75, 3.05) is 5.32 Å². The second kappa shape index (κ2) is 9.40. The summed E-state index contributed by atoms with van der Waals surface area (Å²) in [6, 6.07) is 35.0. The summed E-state index contributed by atoms with van der Waals surface area (Å²) in [6.45, 7) is 6.44. The average Bonchev–Trinajstić information content (AvgIpc) is 3.30. The highest BCUT2D eigenvalue weighted by molar-refractivity contribution is 5.68. The Labute approximate surface area is 201 Å². The summed E-state index contributed by atoms with van der Waals surface area (Å²) in [5, 5.41) is 3.83. The normalized spacial score (nSPS) is 11.9. The maximum Gasteiger partial charge on any atom is 0.227 e. The molecule has 1 atom stereocenters. The Hall–Kier alpha value is -4.11. The smallest absolute Gasteiger partial charge is 0.227 e. The van der Waals surface area contributed by atoms with Crippen molar-refractivity contribution in [2.24, 2.45) is 0 Å². The molecular weight excluding hydrogens is 416 g/mol. The van der Waals surface area contributed by atoms with E-state index in [-0.39, 0.29) is 6.04 Å². The quantitative estimate of drug-likeness (QED) is 0.287. The van der Waals surface area contributed by atoms with E-state index in [1.165, 1.54) is 16.7 Å². The first kappa shape index (κ1) is 21.7. The molecule has 0 radical (unpaired) electrons. The molecule has 1 heterocycles. The zero-order chi connectivity index (χ0) is 23.5. The molecule has 0 aliphatic heterocycles. The third-order valence-corrected chi connectivity index (χ3v) is 6.08. The van der Waals surface area contributed by atoms with Gasteiger partial charge in [0.1, 0.15) is 5.69 Å². The summed E-state index contributed by atoms with van der Waals surface area (Å²) in [6.07, 6.45) is 0. The van der Waals surface area contributed by atoms with Gasteiger partial charge in [0.15, 0.2) is 5.76 Å². The van der Waals surface area contributed by atoms with Gasteiger partial charge in [-0.1, -0.05) is 96.6 Å². The lowest BCUT2D eigenvalue weighted by Gasteiger charge is -2.23. The van der Waals surface area contributed by atoms with Crippen molar-refractivity contribution in [1.82, 2.24) is 4.98 Å². The van der Waals surface area contributed by atoms with Crippen LogP contribution in [-0.2, 0) is 0 Å². The number of aryl methyl sites for hydroxylation is 3. The third kappa shape index (κ3) is 4.38. The van der Waals surface area contributed by atoms with Crippen molar-refractivity contribution in [3.63, 3.8) is 0 Å². The SMILES string of the molecule is Cc1cc(C)c(NC(c2ccccc2)c2nc(-c3ccccc3)oc2-c2ccccc2)c(C)c1. The fraction of sp³-hybridized carbons (Fsp3) is 0.129. The van der Waals surface area contributed by atoms with E-state index in [9.17, 15) is 0 Å². The number of hydrogen-bond donors (Lipinski definition) is 1. The summed E-state index contributed by atoms with van der Waals surface area (Å²) in [5.74, 6) is 1.40. The van der Waals surface area contributed by atoms with Gasteiger partial charge in [-0.25, -0.2) is 4.98 Å². The van der Waals surface area contributed by atoms with Gasteiger partial charge in [-0.15, -0.1) is 0 Å². The average molecular weight is 445 g/mol. The Bertz CT molecular complexity index is 1370. The van der Waals surface area contributed by atoms with E-state index in [0.717, 1.165) is 33.8 Å². The molecule has 1 N–H and O–H groups in total. The van der Waals surface area contributed by atoms with Crippen LogP contribution in [0, 0.1) is 20.8 Å². The van der Waals surface area contributed by atoms with Crippen molar-refractivity contribution in [2.45, 2.75) is 26.8 Å². The van der Waals surface area contributed by atoms with Crippen LogP contribution in [0.3, 0.4) is 0 Å². The molecule has 3 heteroatoms. The fourth-order valence-electron chi connectivity index (χ4n) is 4.54. The molecule has 5 aromatic rings. The molecule has 0 aliphatic rings. The summed E-state index contributed by atoms with van der Waals surface area (Å²) >= 11 is 0. The van der Waals surface area contributed by atoms with E-state index in [4.69, 9.17) is 9.40 Å². The van der Waals surface area contributed by atoms with Crippen LogP contribution in [0.5, 0.6) is 0 Å². The van der Waals surface area contributed by atoms with Gasteiger partial charge in [0.2, 0.25) is 5.89 Å². The maximum absolute atomic E-state index is 6.46. The largest absolute Gasteiger partial charge is 0.436 e. The number of nitrogens with zero attached hydrogens (tertiary/aromatic N) is 1. The van der Waals surface area contributed by atoms with E-state index in [2.05, 4.69) is 74.6 Å². The Kier molecular flexibility index (Phi) is 6.01. The zero-order valence-corrected chi connectivity index (χ0v) is 19.7. The van der Waals surface area contributed by atoms with E-state index in [0.29, 0.717) is 5.89 Å². The van der Waals surface area contributed by atoms with Gasteiger partial charge < -0.3 is 9.73 Å². The van der Waals surface area contributed by atoms with Crippen LogP contribution in [0.1, 0.15) is 34.0 Å². The standard InChI is InChI=1S/C31H28N2O/c1-21-19-22(2)27(23(3)20-21)32-28(24-13-7-4-8-14-24)29-30(25-15-9-5-10-16-25)34-31(33-29)26-17-11-6-12-18-26/h4-20,28,32H,1-3H3. The second-order valence-electron chi connectivity index (χ2n) is 8.73. The van der Waals surface area contributed by atoms with Crippen molar-refractivity contribution < 1.29 is 4.42 Å². The predicted octanol–water partition coefficient (Wildman–Crippen LogP) is 8.14. The fourth-order valence-corrected chi connectivity index (χ4v) is 4.54. The number of aromatic nitrogens is 1. The monoisotopic (exact) mass is 444 g/mol. The third-order valence-electron chi connectivity index (χ3n) is 6.08. The number of hydrogen-bond acceptors (Lipinski definition) is 3. The highest BCUT2D eigenvalue weighted by atomic mass is 16.4.